The molecule has 21 heavy (non-hydrogen) atoms. The maximum atomic E-state index is 11.6. The predicted octanol–water partition coefficient (Wildman–Crippen LogP) is 1.18. The second kappa shape index (κ2) is 9.38. The minimum absolute atomic E-state index is 0.0465. The van der Waals surface area contributed by atoms with Crippen LogP contribution in [-0.4, -0.2) is 58.8 Å². The first-order chi connectivity index (χ1) is 9.66. The third-order valence-electron chi connectivity index (χ3n) is 2.83. The fourth-order valence-corrected chi connectivity index (χ4v) is 3.78. The molecule has 0 saturated heterocycles. The minimum atomic E-state index is -3.80. The molecule has 0 fully saturated rings. The van der Waals surface area contributed by atoms with Gasteiger partial charge < -0.3 is 29.0 Å². The lowest BCUT2D eigenvalue weighted by Crippen LogP contribution is -2.39. The van der Waals surface area contributed by atoms with Gasteiger partial charge in [-0.3, -0.25) is 9.13 Å². The smallest absolute Gasteiger partial charge is 0.328 e. The molecular formula is C11H26O8P2. The summed E-state index contributed by atoms with van der Waals surface area (Å²) in [7, 11) is -7.60. The molecule has 4 N–H and O–H groups in total. The number of hydrogen-bond acceptors (Lipinski definition) is 6. The Morgan fingerprint density at radius 2 is 1.19 bits per heavy atom. The summed E-state index contributed by atoms with van der Waals surface area (Å²) in [5.74, 6) is 0. The van der Waals surface area contributed by atoms with Crippen molar-refractivity contribution in [2.45, 2.75) is 26.7 Å². The predicted molar refractivity (Wildman–Crippen MR) is 78.5 cm³/mol. The zero-order valence-electron chi connectivity index (χ0n) is 12.5. The second-order valence-electron chi connectivity index (χ2n) is 5.09. The molecule has 0 radical (unpaired) electrons. The van der Waals surface area contributed by atoms with Crippen molar-refractivity contribution in [3.8, 4) is 0 Å². The van der Waals surface area contributed by atoms with Crippen LogP contribution in [0.25, 0.3) is 0 Å². The van der Waals surface area contributed by atoms with Crippen molar-refractivity contribution in [2.24, 2.45) is 5.41 Å². The van der Waals surface area contributed by atoms with E-state index in [9.17, 15) is 29.1 Å². The van der Waals surface area contributed by atoms with Crippen LogP contribution in [0, 0.1) is 5.41 Å². The molecular weight excluding hydrogens is 322 g/mol. The maximum Gasteiger partial charge on any atom is 0.328 e. The van der Waals surface area contributed by atoms with Gasteiger partial charge in [-0.1, -0.05) is 13.8 Å². The average molecular weight is 348 g/mol. The van der Waals surface area contributed by atoms with Crippen LogP contribution < -0.4 is 0 Å². The molecule has 0 saturated carbocycles. The molecule has 0 heterocycles. The van der Waals surface area contributed by atoms with Crippen LogP contribution in [0.15, 0.2) is 0 Å². The van der Waals surface area contributed by atoms with Gasteiger partial charge in [0.2, 0.25) is 0 Å². The Morgan fingerprint density at radius 3 is 1.43 bits per heavy atom. The molecule has 8 nitrogen and oxygen atoms in total. The molecule has 128 valence electrons. The molecule has 0 rings (SSSR count). The molecule has 2 atom stereocenters. The van der Waals surface area contributed by atoms with E-state index in [2.05, 4.69) is 0 Å². The van der Waals surface area contributed by atoms with E-state index in [0.29, 0.717) is 12.8 Å². The lowest BCUT2D eigenvalue weighted by Gasteiger charge is -2.30. The molecule has 0 aliphatic rings. The Morgan fingerprint density at radius 1 is 0.857 bits per heavy atom. The minimum Gasteiger partial charge on any atom is -0.396 e. The van der Waals surface area contributed by atoms with Crippen LogP contribution in [0.1, 0.15) is 26.7 Å². The fraction of sp³-hybridized carbons (Fsp3) is 1.00. The van der Waals surface area contributed by atoms with Gasteiger partial charge in [0.05, 0.1) is 31.8 Å². The van der Waals surface area contributed by atoms with Crippen LogP contribution in [0.4, 0.5) is 0 Å². The standard InChI is InChI=1S/C11H26O8P2/c1-3-5-20(14,15)18-9-11(7-12,8-13)10-19-21(16,17)6-4-2/h12-13H,3-10H2,1-2H3,(H,14,15)(H,16,17). The highest BCUT2D eigenvalue weighted by atomic mass is 31.2. The second-order valence-corrected chi connectivity index (χ2v) is 9.05. The van der Waals surface area contributed by atoms with Gasteiger partial charge in [0, 0.05) is 12.3 Å². The molecule has 0 bridgehead atoms. The molecule has 0 amide bonds. The Kier molecular flexibility index (Phi) is 9.48. The van der Waals surface area contributed by atoms with E-state index in [1.807, 2.05) is 0 Å². The van der Waals surface area contributed by atoms with Crippen molar-refractivity contribution in [1.29, 1.82) is 0 Å². The summed E-state index contributed by atoms with van der Waals surface area (Å²) < 4.78 is 33.0. The quantitative estimate of drug-likeness (QED) is 0.386. The lowest BCUT2D eigenvalue weighted by molar-refractivity contribution is -0.0228. The van der Waals surface area contributed by atoms with E-state index >= 15 is 0 Å². The van der Waals surface area contributed by atoms with Gasteiger partial charge >= 0.3 is 15.2 Å². The number of rotatable bonds is 12. The first kappa shape index (κ1) is 21.2. The first-order valence-corrected chi connectivity index (χ1v) is 10.3. The Hall–Kier alpha value is 0.220. The number of aliphatic hydroxyl groups excluding tert-OH is 2. The number of hydrogen-bond donors (Lipinski definition) is 4. The highest BCUT2D eigenvalue weighted by molar-refractivity contribution is 7.53. The Balaban J connectivity index is 4.70. The van der Waals surface area contributed by atoms with Gasteiger partial charge in [-0.25, -0.2) is 0 Å². The molecule has 0 aromatic heterocycles. The third-order valence-corrected chi connectivity index (χ3v) is 5.92. The summed E-state index contributed by atoms with van der Waals surface area (Å²) in [4.78, 5) is 19.0. The van der Waals surface area contributed by atoms with Crippen LogP contribution in [0.2, 0.25) is 0 Å². The normalized spacial score (nSPS) is 18.2. The number of aliphatic hydroxyl groups is 2. The summed E-state index contributed by atoms with van der Waals surface area (Å²) in [6.45, 7) is 1.32. The largest absolute Gasteiger partial charge is 0.396 e. The van der Waals surface area contributed by atoms with Gasteiger partial charge in [-0.2, -0.15) is 0 Å². The lowest BCUT2D eigenvalue weighted by atomic mass is 9.93. The van der Waals surface area contributed by atoms with Gasteiger partial charge in [0.1, 0.15) is 0 Å². The van der Waals surface area contributed by atoms with E-state index in [-0.39, 0.29) is 12.3 Å². The van der Waals surface area contributed by atoms with E-state index in [1.54, 1.807) is 13.8 Å². The van der Waals surface area contributed by atoms with E-state index in [0.717, 1.165) is 0 Å². The van der Waals surface area contributed by atoms with E-state index < -0.39 is 47.0 Å². The summed E-state index contributed by atoms with van der Waals surface area (Å²) in [6.07, 6.45) is 0.792. The van der Waals surface area contributed by atoms with Crippen LogP contribution in [0.5, 0.6) is 0 Å². The van der Waals surface area contributed by atoms with Crippen molar-refractivity contribution in [2.75, 3.05) is 38.8 Å². The molecule has 0 aromatic carbocycles. The average Bonchev–Trinajstić information content (AvgIpc) is 2.40. The molecule has 0 aliphatic carbocycles. The van der Waals surface area contributed by atoms with Gasteiger partial charge in [-0.15, -0.1) is 0 Å². The molecule has 0 aliphatic heterocycles. The summed E-state index contributed by atoms with van der Waals surface area (Å²) in [5.41, 5.74) is -1.40. The summed E-state index contributed by atoms with van der Waals surface area (Å²) in [5, 5.41) is 18.7. The fourth-order valence-electron chi connectivity index (χ4n) is 1.44. The van der Waals surface area contributed by atoms with Crippen LogP contribution in [-0.2, 0) is 18.2 Å². The van der Waals surface area contributed by atoms with Crippen molar-refractivity contribution >= 4 is 15.2 Å². The highest BCUT2D eigenvalue weighted by Gasteiger charge is 2.35. The molecule has 2 unspecified atom stereocenters. The van der Waals surface area contributed by atoms with E-state index in [4.69, 9.17) is 9.05 Å². The van der Waals surface area contributed by atoms with Crippen molar-refractivity contribution < 1.29 is 38.2 Å². The van der Waals surface area contributed by atoms with Crippen molar-refractivity contribution in [1.82, 2.24) is 0 Å². The SMILES string of the molecule is CCCP(=O)(O)OCC(CO)(CO)COP(=O)(O)CCC. The molecule has 10 heteroatoms. The first-order valence-electron chi connectivity index (χ1n) is 6.80. The van der Waals surface area contributed by atoms with Crippen LogP contribution >= 0.6 is 15.2 Å². The van der Waals surface area contributed by atoms with Gasteiger partial charge in [0.25, 0.3) is 0 Å². The zero-order chi connectivity index (χ0) is 16.6. The monoisotopic (exact) mass is 348 g/mol. The highest BCUT2D eigenvalue weighted by Crippen LogP contribution is 2.46. The van der Waals surface area contributed by atoms with E-state index in [1.165, 1.54) is 0 Å². The van der Waals surface area contributed by atoms with Gasteiger partial charge in [-0.05, 0) is 12.8 Å². The maximum absolute atomic E-state index is 11.6. The summed E-state index contributed by atoms with van der Waals surface area (Å²) in [6, 6.07) is 0. The van der Waals surface area contributed by atoms with Crippen LogP contribution in [0.3, 0.4) is 0 Å². The topological polar surface area (TPSA) is 134 Å². The molecule has 0 aromatic rings. The molecule has 0 spiro atoms. The zero-order valence-corrected chi connectivity index (χ0v) is 14.3. The van der Waals surface area contributed by atoms with Crippen molar-refractivity contribution in [3.05, 3.63) is 0 Å². The van der Waals surface area contributed by atoms with Crippen molar-refractivity contribution in [3.63, 3.8) is 0 Å². The summed E-state index contributed by atoms with van der Waals surface area (Å²) >= 11 is 0. The van der Waals surface area contributed by atoms with Gasteiger partial charge in [0.15, 0.2) is 0 Å². The Bertz CT molecular complexity index is 350. The Labute approximate surface area is 125 Å². The third kappa shape index (κ3) is 8.43.